The second kappa shape index (κ2) is 10.6. The molecular weight excluding hydrogens is 338 g/mol. The van der Waals surface area contributed by atoms with Crippen LogP contribution >= 0.6 is 0 Å². The van der Waals surface area contributed by atoms with E-state index in [0.717, 1.165) is 51.7 Å². The molecule has 6 heteroatoms. The van der Waals surface area contributed by atoms with E-state index in [4.69, 9.17) is 9.73 Å². The van der Waals surface area contributed by atoms with Gasteiger partial charge in [0, 0.05) is 52.4 Å². The van der Waals surface area contributed by atoms with Crippen LogP contribution in [0.25, 0.3) is 0 Å². The molecule has 150 valence electrons. The molecule has 1 unspecified atom stereocenters. The second-order valence-electron chi connectivity index (χ2n) is 7.61. The van der Waals surface area contributed by atoms with Gasteiger partial charge in [-0.3, -0.25) is 4.90 Å². The van der Waals surface area contributed by atoms with Crippen LogP contribution in [0.15, 0.2) is 29.3 Å². The molecule has 1 aromatic carbocycles. The number of ether oxygens (including phenoxy) is 1. The lowest BCUT2D eigenvalue weighted by atomic mass is 10.1. The maximum absolute atomic E-state index is 5.67. The molecule has 2 aliphatic heterocycles. The van der Waals surface area contributed by atoms with Crippen LogP contribution in [-0.2, 0) is 17.8 Å². The Kier molecular flexibility index (Phi) is 7.93. The number of likely N-dealkylation sites (N-methyl/N-ethyl adjacent to an activating group) is 1. The molecule has 2 aliphatic rings. The maximum Gasteiger partial charge on any atom is 0.191 e. The van der Waals surface area contributed by atoms with Gasteiger partial charge in [0.1, 0.15) is 0 Å². The fourth-order valence-corrected chi connectivity index (χ4v) is 3.54. The number of piperazine rings is 1. The summed E-state index contributed by atoms with van der Waals surface area (Å²) in [4.78, 5) is 9.65. The van der Waals surface area contributed by atoms with Crippen molar-refractivity contribution in [2.75, 3.05) is 52.9 Å². The van der Waals surface area contributed by atoms with Crippen molar-refractivity contribution in [3.63, 3.8) is 0 Å². The van der Waals surface area contributed by atoms with Crippen molar-refractivity contribution in [3.05, 3.63) is 35.4 Å². The fourth-order valence-electron chi connectivity index (χ4n) is 3.54. The molecule has 2 fully saturated rings. The van der Waals surface area contributed by atoms with Crippen LogP contribution in [0.4, 0.5) is 0 Å². The first-order chi connectivity index (χ1) is 13.2. The van der Waals surface area contributed by atoms with E-state index in [1.807, 2.05) is 0 Å². The van der Waals surface area contributed by atoms with E-state index >= 15 is 0 Å². The molecule has 0 aromatic heterocycles. The molecule has 0 bridgehead atoms. The van der Waals surface area contributed by atoms with Gasteiger partial charge in [0.25, 0.3) is 0 Å². The molecule has 2 heterocycles. The first kappa shape index (κ1) is 20.1. The first-order valence-electron chi connectivity index (χ1n) is 10.4. The van der Waals surface area contributed by atoms with Gasteiger partial charge in [0.2, 0.25) is 0 Å². The van der Waals surface area contributed by atoms with Crippen molar-refractivity contribution < 1.29 is 4.74 Å². The van der Waals surface area contributed by atoms with Gasteiger partial charge in [-0.1, -0.05) is 24.3 Å². The van der Waals surface area contributed by atoms with E-state index < -0.39 is 0 Å². The van der Waals surface area contributed by atoms with Crippen molar-refractivity contribution in [1.29, 1.82) is 0 Å². The molecule has 6 nitrogen and oxygen atoms in total. The van der Waals surface area contributed by atoms with Crippen molar-refractivity contribution in [1.82, 2.24) is 20.4 Å². The molecular formula is C21H35N5O. The Balaban J connectivity index is 1.47. The molecule has 0 saturated carbocycles. The standard InChI is InChI=1S/C21H35N5O/c1-3-22-21(24-16-20-5-4-14-27-20)23-15-18-6-8-19(9-7-18)17-26-12-10-25(2)11-13-26/h6-9,20H,3-5,10-17H2,1-2H3,(H2,22,23,24). The Bertz CT molecular complexity index is 575. The number of benzene rings is 1. The van der Waals surface area contributed by atoms with Gasteiger partial charge in [0.05, 0.1) is 12.6 Å². The summed E-state index contributed by atoms with van der Waals surface area (Å²) < 4.78 is 5.67. The van der Waals surface area contributed by atoms with E-state index in [0.29, 0.717) is 12.6 Å². The van der Waals surface area contributed by atoms with Crippen molar-refractivity contribution in [2.45, 2.75) is 39.0 Å². The molecule has 0 radical (unpaired) electrons. The summed E-state index contributed by atoms with van der Waals surface area (Å²) >= 11 is 0. The minimum absolute atomic E-state index is 0.322. The predicted octanol–water partition coefficient (Wildman–Crippen LogP) is 1.67. The normalized spacial score (nSPS) is 22.1. The molecule has 1 atom stereocenters. The Morgan fingerprint density at radius 3 is 2.52 bits per heavy atom. The van der Waals surface area contributed by atoms with Gasteiger partial charge in [-0.15, -0.1) is 0 Å². The summed E-state index contributed by atoms with van der Waals surface area (Å²) in [6.07, 6.45) is 2.63. The summed E-state index contributed by atoms with van der Waals surface area (Å²) in [7, 11) is 2.20. The Labute approximate surface area is 164 Å². The average Bonchev–Trinajstić information content (AvgIpc) is 3.21. The number of aliphatic imine (C=N–C) groups is 1. The predicted molar refractivity (Wildman–Crippen MR) is 111 cm³/mol. The highest BCUT2D eigenvalue weighted by atomic mass is 16.5. The number of rotatable bonds is 7. The highest BCUT2D eigenvalue weighted by Gasteiger charge is 2.15. The topological polar surface area (TPSA) is 52.1 Å². The summed E-state index contributed by atoms with van der Waals surface area (Å²) in [6, 6.07) is 8.91. The lowest BCUT2D eigenvalue weighted by molar-refractivity contribution is 0.114. The quantitative estimate of drug-likeness (QED) is 0.562. The third kappa shape index (κ3) is 6.79. The lowest BCUT2D eigenvalue weighted by Crippen LogP contribution is -2.43. The Morgan fingerprint density at radius 1 is 1.11 bits per heavy atom. The molecule has 2 saturated heterocycles. The minimum Gasteiger partial charge on any atom is -0.376 e. The number of guanidine groups is 1. The third-order valence-corrected chi connectivity index (χ3v) is 5.31. The molecule has 1 aromatic rings. The largest absolute Gasteiger partial charge is 0.376 e. The first-order valence-corrected chi connectivity index (χ1v) is 10.4. The zero-order valence-electron chi connectivity index (χ0n) is 16.9. The molecule has 27 heavy (non-hydrogen) atoms. The van der Waals surface area contributed by atoms with Crippen molar-refractivity contribution >= 4 is 5.96 Å². The van der Waals surface area contributed by atoms with Gasteiger partial charge < -0.3 is 20.3 Å². The Hall–Kier alpha value is -1.63. The summed E-state index contributed by atoms with van der Waals surface area (Å²) in [5.74, 6) is 0.870. The molecule has 0 aliphatic carbocycles. The fraction of sp³-hybridized carbons (Fsp3) is 0.667. The van der Waals surface area contributed by atoms with Crippen LogP contribution in [0.3, 0.4) is 0 Å². The number of nitrogens with zero attached hydrogens (tertiary/aromatic N) is 3. The van der Waals surface area contributed by atoms with Crippen molar-refractivity contribution in [2.24, 2.45) is 4.99 Å². The summed E-state index contributed by atoms with van der Waals surface area (Å²) in [5.41, 5.74) is 2.63. The van der Waals surface area contributed by atoms with E-state index in [2.05, 4.69) is 58.7 Å². The lowest BCUT2D eigenvalue weighted by Gasteiger charge is -2.32. The molecule has 0 spiro atoms. The van der Waals surface area contributed by atoms with E-state index in [9.17, 15) is 0 Å². The van der Waals surface area contributed by atoms with Gasteiger partial charge in [-0.05, 0) is 37.9 Å². The van der Waals surface area contributed by atoms with Crippen LogP contribution in [0, 0.1) is 0 Å². The minimum atomic E-state index is 0.322. The van der Waals surface area contributed by atoms with Crippen molar-refractivity contribution in [3.8, 4) is 0 Å². The maximum atomic E-state index is 5.67. The smallest absolute Gasteiger partial charge is 0.191 e. The van der Waals surface area contributed by atoms with E-state index in [1.165, 1.54) is 30.6 Å². The zero-order valence-corrected chi connectivity index (χ0v) is 16.9. The molecule has 2 N–H and O–H groups in total. The van der Waals surface area contributed by atoms with Crippen LogP contribution in [-0.4, -0.2) is 74.8 Å². The molecule has 3 rings (SSSR count). The second-order valence-corrected chi connectivity index (χ2v) is 7.61. The highest BCUT2D eigenvalue weighted by molar-refractivity contribution is 5.79. The van der Waals surface area contributed by atoms with Gasteiger partial charge in [-0.25, -0.2) is 4.99 Å². The van der Waals surface area contributed by atoms with Crippen LogP contribution in [0.1, 0.15) is 30.9 Å². The Morgan fingerprint density at radius 2 is 1.85 bits per heavy atom. The summed E-state index contributed by atoms with van der Waals surface area (Å²) in [5, 5.41) is 6.72. The molecule has 0 amide bonds. The highest BCUT2D eigenvalue weighted by Crippen LogP contribution is 2.11. The number of nitrogens with one attached hydrogen (secondary N) is 2. The monoisotopic (exact) mass is 373 g/mol. The van der Waals surface area contributed by atoms with Gasteiger partial charge in [0.15, 0.2) is 5.96 Å². The summed E-state index contributed by atoms with van der Waals surface area (Å²) in [6.45, 7) is 11.1. The van der Waals surface area contributed by atoms with Gasteiger partial charge >= 0.3 is 0 Å². The average molecular weight is 374 g/mol. The number of hydrogen-bond acceptors (Lipinski definition) is 4. The third-order valence-electron chi connectivity index (χ3n) is 5.31. The van der Waals surface area contributed by atoms with Gasteiger partial charge in [-0.2, -0.15) is 0 Å². The van der Waals surface area contributed by atoms with E-state index in [-0.39, 0.29) is 0 Å². The van der Waals surface area contributed by atoms with Crippen LogP contribution in [0.2, 0.25) is 0 Å². The zero-order chi connectivity index (χ0) is 18.9. The SMILES string of the molecule is CCNC(=NCc1ccc(CN2CCN(C)CC2)cc1)NCC1CCCO1. The van der Waals surface area contributed by atoms with E-state index in [1.54, 1.807) is 0 Å². The van der Waals surface area contributed by atoms with Crippen LogP contribution < -0.4 is 10.6 Å². The van der Waals surface area contributed by atoms with Crippen LogP contribution in [0.5, 0.6) is 0 Å². The number of hydrogen-bond donors (Lipinski definition) is 2.